The zero-order valence-electron chi connectivity index (χ0n) is 10.1. The molecule has 2 heterocycles. The molecule has 19 heavy (non-hydrogen) atoms. The van der Waals surface area contributed by atoms with Crippen molar-refractivity contribution in [1.29, 1.82) is 0 Å². The van der Waals surface area contributed by atoms with Gasteiger partial charge in [0, 0.05) is 17.2 Å². The molecule has 0 atom stereocenters. The van der Waals surface area contributed by atoms with Crippen molar-refractivity contribution in [3.8, 4) is 0 Å². The van der Waals surface area contributed by atoms with Crippen LogP contribution in [0.1, 0.15) is 21.3 Å². The summed E-state index contributed by atoms with van der Waals surface area (Å²) >= 11 is 1.45. The highest BCUT2D eigenvalue weighted by Gasteiger charge is 2.17. The van der Waals surface area contributed by atoms with E-state index in [9.17, 15) is 4.79 Å². The lowest BCUT2D eigenvalue weighted by atomic mass is 10.2. The van der Waals surface area contributed by atoms with Crippen LogP contribution in [0, 0.1) is 0 Å². The highest BCUT2D eigenvalue weighted by Crippen LogP contribution is 2.22. The fourth-order valence-electron chi connectivity index (χ4n) is 1.87. The van der Waals surface area contributed by atoms with Crippen molar-refractivity contribution < 1.29 is 9.21 Å². The zero-order chi connectivity index (χ0) is 13.2. The first-order chi connectivity index (χ1) is 9.28. The average molecular weight is 272 g/mol. The highest BCUT2D eigenvalue weighted by atomic mass is 32.1. The van der Waals surface area contributed by atoms with Gasteiger partial charge in [-0.3, -0.25) is 4.79 Å². The van der Waals surface area contributed by atoms with Gasteiger partial charge in [0.05, 0.1) is 5.01 Å². The lowest BCUT2D eigenvalue weighted by molar-refractivity contribution is 0.101. The molecule has 3 aromatic rings. The molecule has 0 radical (unpaired) electrons. The molecule has 2 aromatic heterocycles. The second-order valence-corrected chi connectivity index (χ2v) is 5.09. The Labute approximate surface area is 113 Å². The van der Waals surface area contributed by atoms with E-state index in [0.29, 0.717) is 30.0 Å². The first-order valence-corrected chi connectivity index (χ1v) is 6.83. The van der Waals surface area contributed by atoms with E-state index in [-0.39, 0.29) is 5.78 Å². The van der Waals surface area contributed by atoms with Crippen molar-refractivity contribution in [2.45, 2.75) is 6.42 Å². The predicted octanol–water partition coefficient (Wildman–Crippen LogP) is 2.62. The summed E-state index contributed by atoms with van der Waals surface area (Å²) in [4.78, 5) is 16.5. The zero-order valence-corrected chi connectivity index (χ0v) is 10.9. The van der Waals surface area contributed by atoms with Crippen molar-refractivity contribution in [2.24, 2.45) is 5.73 Å². The lowest BCUT2D eigenvalue weighted by Crippen LogP contribution is -2.04. The van der Waals surface area contributed by atoms with E-state index in [0.717, 1.165) is 10.4 Å². The van der Waals surface area contributed by atoms with Gasteiger partial charge >= 0.3 is 0 Å². The van der Waals surface area contributed by atoms with Gasteiger partial charge in [0.2, 0.25) is 5.78 Å². The molecular formula is C14H12N2O2S. The number of nitrogens with zero attached hydrogens (tertiary/aromatic N) is 1. The molecule has 0 unspecified atom stereocenters. The molecule has 0 saturated carbocycles. The van der Waals surface area contributed by atoms with Crippen molar-refractivity contribution in [3.63, 3.8) is 0 Å². The Morgan fingerprint density at radius 3 is 3.00 bits per heavy atom. The van der Waals surface area contributed by atoms with E-state index in [1.54, 1.807) is 11.4 Å². The maximum absolute atomic E-state index is 12.3. The van der Waals surface area contributed by atoms with Gasteiger partial charge in [0.25, 0.3) is 0 Å². The third kappa shape index (κ3) is 2.30. The molecular weight excluding hydrogens is 260 g/mol. The van der Waals surface area contributed by atoms with Crippen LogP contribution >= 0.6 is 11.3 Å². The molecule has 96 valence electrons. The van der Waals surface area contributed by atoms with Crippen molar-refractivity contribution >= 4 is 28.1 Å². The Kier molecular flexibility index (Phi) is 3.15. The molecule has 0 aliphatic heterocycles. The maximum Gasteiger partial charge on any atom is 0.247 e. The van der Waals surface area contributed by atoms with Crippen LogP contribution in [0.2, 0.25) is 0 Å². The SMILES string of the molecule is NCCc1nc(C(=O)c2cc3ccccc3o2)cs1. The van der Waals surface area contributed by atoms with Gasteiger partial charge in [-0.15, -0.1) is 11.3 Å². The first kappa shape index (κ1) is 12.1. The topological polar surface area (TPSA) is 69.1 Å². The van der Waals surface area contributed by atoms with Crippen LogP contribution in [0.15, 0.2) is 40.1 Å². The van der Waals surface area contributed by atoms with E-state index in [1.807, 2.05) is 24.3 Å². The summed E-state index contributed by atoms with van der Waals surface area (Å²) in [6.45, 7) is 0.534. The van der Waals surface area contributed by atoms with Crippen LogP contribution in [0.4, 0.5) is 0 Å². The Morgan fingerprint density at radius 1 is 1.37 bits per heavy atom. The largest absolute Gasteiger partial charge is 0.453 e. The van der Waals surface area contributed by atoms with Crippen LogP contribution in [0.25, 0.3) is 11.0 Å². The summed E-state index contributed by atoms with van der Waals surface area (Å²) in [5.74, 6) is 0.140. The number of carbonyl (C=O) groups is 1. The van der Waals surface area contributed by atoms with Crippen LogP contribution in [-0.4, -0.2) is 17.3 Å². The number of fused-ring (bicyclic) bond motifs is 1. The molecule has 0 bridgehead atoms. The smallest absolute Gasteiger partial charge is 0.247 e. The van der Waals surface area contributed by atoms with Gasteiger partial charge in [-0.2, -0.15) is 0 Å². The predicted molar refractivity (Wildman–Crippen MR) is 74.5 cm³/mol. The molecule has 0 spiro atoms. The summed E-state index contributed by atoms with van der Waals surface area (Å²) in [5.41, 5.74) is 6.61. The van der Waals surface area contributed by atoms with E-state index >= 15 is 0 Å². The minimum absolute atomic E-state index is 0.185. The van der Waals surface area contributed by atoms with Gasteiger partial charge in [0.1, 0.15) is 11.3 Å². The third-order valence-electron chi connectivity index (χ3n) is 2.79. The molecule has 0 aliphatic rings. The minimum Gasteiger partial charge on any atom is -0.453 e. The number of furan rings is 1. The van der Waals surface area contributed by atoms with Crippen LogP contribution in [-0.2, 0) is 6.42 Å². The number of thiazole rings is 1. The van der Waals surface area contributed by atoms with Crippen molar-refractivity contribution in [1.82, 2.24) is 4.98 Å². The summed E-state index contributed by atoms with van der Waals surface area (Å²) in [7, 11) is 0. The van der Waals surface area contributed by atoms with E-state index in [1.165, 1.54) is 11.3 Å². The van der Waals surface area contributed by atoms with Crippen LogP contribution < -0.4 is 5.73 Å². The Morgan fingerprint density at radius 2 is 2.21 bits per heavy atom. The molecule has 2 N–H and O–H groups in total. The number of rotatable bonds is 4. The quantitative estimate of drug-likeness (QED) is 0.741. The number of aromatic nitrogens is 1. The minimum atomic E-state index is -0.185. The number of para-hydroxylation sites is 1. The number of ketones is 1. The van der Waals surface area contributed by atoms with Gasteiger partial charge in [-0.1, -0.05) is 18.2 Å². The van der Waals surface area contributed by atoms with Crippen molar-refractivity contribution in [2.75, 3.05) is 6.54 Å². The lowest BCUT2D eigenvalue weighted by Gasteiger charge is -1.91. The highest BCUT2D eigenvalue weighted by molar-refractivity contribution is 7.09. The van der Waals surface area contributed by atoms with Crippen LogP contribution in [0.5, 0.6) is 0 Å². The summed E-state index contributed by atoms with van der Waals surface area (Å²) in [6.07, 6.45) is 0.693. The van der Waals surface area contributed by atoms with E-state index < -0.39 is 0 Å². The third-order valence-corrected chi connectivity index (χ3v) is 3.70. The van der Waals surface area contributed by atoms with Gasteiger partial charge in [0.15, 0.2) is 5.76 Å². The van der Waals surface area contributed by atoms with Gasteiger partial charge in [-0.05, 0) is 18.7 Å². The summed E-state index contributed by atoms with van der Waals surface area (Å²) in [5, 5.41) is 3.55. The molecule has 0 amide bonds. The van der Waals surface area contributed by atoms with Crippen LogP contribution in [0.3, 0.4) is 0 Å². The molecule has 0 saturated heterocycles. The summed E-state index contributed by atoms with van der Waals surface area (Å²) < 4.78 is 5.54. The number of benzene rings is 1. The molecule has 0 fully saturated rings. The Hall–Kier alpha value is -1.98. The van der Waals surface area contributed by atoms with Gasteiger partial charge in [-0.25, -0.2) is 4.98 Å². The molecule has 1 aromatic carbocycles. The molecule has 3 rings (SSSR count). The monoisotopic (exact) mass is 272 g/mol. The Balaban J connectivity index is 1.93. The van der Waals surface area contributed by atoms with E-state index in [4.69, 9.17) is 10.2 Å². The number of hydrogen-bond acceptors (Lipinski definition) is 5. The Bertz CT molecular complexity index is 697. The van der Waals surface area contributed by atoms with E-state index in [2.05, 4.69) is 4.98 Å². The molecule has 5 heteroatoms. The normalized spacial score (nSPS) is 11.0. The maximum atomic E-state index is 12.3. The fourth-order valence-corrected chi connectivity index (χ4v) is 2.67. The van der Waals surface area contributed by atoms with Gasteiger partial charge < -0.3 is 10.2 Å². The first-order valence-electron chi connectivity index (χ1n) is 5.95. The standard InChI is InChI=1S/C14H12N2O2S/c15-6-5-13-16-10(8-19-13)14(17)12-7-9-3-1-2-4-11(9)18-12/h1-4,7-8H,5-6,15H2. The number of nitrogens with two attached hydrogens (primary N) is 1. The number of carbonyl (C=O) groups excluding carboxylic acids is 1. The number of hydrogen-bond donors (Lipinski definition) is 1. The summed E-state index contributed by atoms with van der Waals surface area (Å²) in [6, 6.07) is 9.29. The molecule has 4 nitrogen and oxygen atoms in total. The average Bonchev–Trinajstić information content (AvgIpc) is 3.04. The van der Waals surface area contributed by atoms with Crippen molar-refractivity contribution in [3.05, 3.63) is 52.2 Å². The second kappa shape index (κ2) is 4.95. The second-order valence-electron chi connectivity index (χ2n) is 4.14. The molecule has 0 aliphatic carbocycles. The fraction of sp³-hybridized carbons (Fsp3) is 0.143.